The molecule has 112 valence electrons. The molecule has 0 unspecified atom stereocenters. The van der Waals surface area contributed by atoms with Crippen molar-refractivity contribution in [2.24, 2.45) is 0 Å². The van der Waals surface area contributed by atoms with Crippen molar-refractivity contribution in [1.29, 1.82) is 0 Å². The lowest BCUT2D eigenvalue weighted by Crippen LogP contribution is -2.19. The summed E-state index contributed by atoms with van der Waals surface area (Å²) in [6.07, 6.45) is 2.58. The summed E-state index contributed by atoms with van der Waals surface area (Å²) >= 11 is 0. The molecule has 6 nitrogen and oxygen atoms in total. The number of aromatic nitrogens is 2. The highest BCUT2D eigenvalue weighted by molar-refractivity contribution is 5.92. The van der Waals surface area contributed by atoms with E-state index in [9.17, 15) is 4.79 Å². The van der Waals surface area contributed by atoms with Gasteiger partial charge in [-0.1, -0.05) is 13.0 Å². The number of nitrogens with two attached hydrogens (primary N) is 1. The molecule has 0 aliphatic heterocycles. The van der Waals surface area contributed by atoms with E-state index >= 15 is 0 Å². The number of benzene rings is 1. The van der Waals surface area contributed by atoms with Gasteiger partial charge in [-0.15, -0.1) is 0 Å². The molecule has 0 saturated heterocycles. The fourth-order valence-electron chi connectivity index (χ4n) is 1.87. The molecule has 1 aromatic heterocycles. The molecule has 3 N–H and O–H groups in total. The SMILES string of the molecule is CCCOc1cc(C)ccc1NC(=O)Cn1ccc(N)n1. The van der Waals surface area contributed by atoms with E-state index in [1.165, 1.54) is 4.68 Å². The summed E-state index contributed by atoms with van der Waals surface area (Å²) in [7, 11) is 0. The van der Waals surface area contributed by atoms with Gasteiger partial charge in [0.1, 0.15) is 18.1 Å². The zero-order chi connectivity index (χ0) is 15.2. The average Bonchev–Trinajstić information content (AvgIpc) is 2.84. The number of aryl methyl sites for hydroxylation is 1. The maximum absolute atomic E-state index is 12.0. The first-order chi connectivity index (χ1) is 10.1. The number of carbonyl (C=O) groups is 1. The van der Waals surface area contributed by atoms with Crippen LogP contribution >= 0.6 is 0 Å². The third-order valence-electron chi connectivity index (χ3n) is 2.84. The molecule has 0 spiro atoms. The van der Waals surface area contributed by atoms with Crippen LogP contribution in [0.1, 0.15) is 18.9 Å². The molecule has 1 aromatic carbocycles. The van der Waals surface area contributed by atoms with Crippen molar-refractivity contribution in [1.82, 2.24) is 9.78 Å². The van der Waals surface area contributed by atoms with Gasteiger partial charge in [-0.25, -0.2) is 0 Å². The highest BCUT2D eigenvalue weighted by atomic mass is 16.5. The molecular weight excluding hydrogens is 268 g/mol. The predicted molar refractivity (Wildman–Crippen MR) is 82.2 cm³/mol. The summed E-state index contributed by atoms with van der Waals surface area (Å²) in [4.78, 5) is 12.0. The van der Waals surface area contributed by atoms with E-state index in [1.54, 1.807) is 12.3 Å². The number of hydrogen-bond donors (Lipinski definition) is 2. The first-order valence-corrected chi connectivity index (χ1v) is 6.90. The van der Waals surface area contributed by atoms with Crippen molar-refractivity contribution in [3.8, 4) is 5.75 Å². The molecule has 2 aromatic rings. The standard InChI is InChI=1S/C15H20N4O2/c1-3-8-21-13-9-11(2)4-5-12(13)17-15(20)10-19-7-6-14(16)18-19/h4-7,9H,3,8,10H2,1-2H3,(H2,16,18)(H,17,20). The van der Waals surface area contributed by atoms with Crippen LogP contribution in [0.4, 0.5) is 11.5 Å². The van der Waals surface area contributed by atoms with Crippen LogP contribution in [0, 0.1) is 6.92 Å². The van der Waals surface area contributed by atoms with Crippen LogP contribution in [0.15, 0.2) is 30.5 Å². The Morgan fingerprint density at radius 1 is 1.43 bits per heavy atom. The van der Waals surface area contributed by atoms with Crippen LogP contribution in [-0.4, -0.2) is 22.3 Å². The fourth-order valence-corrected chi connectivity index (χ4v) is 1.87. The second-order valence-corrected chi connectivity index (χ2v) is 4.83. The maximum atomic E-state index is 12.0. The van der Waals surface area contributed by atoms with E-state index in [4.69, 9.17) is 10.5 Å². The van der Waals surface area contributed by atoms with Crippen LogP contribution < -0.4 is 15.8 Å². The van der Waals surface area contributed by atoms with E-state index in [0.29, 0.717) is 23.9 Å². The van der Waals surface area contributed by atoms with Crippen LogP contribution in [-0.2, 0) is 11.3 Å². The first kappa shape index (κ1) is 14.9. The van der Waals surface area contributed by atoms with Crippen molar-refractivity contribution in [3.05, 3.63) is 36.0 Å². The van der Waals surface area contributed by atoms with Gasteiger partial charge in [-0.3, -0.25) is 9.48 Å². The molecule has 1 amide bonds. The summed E-state index contributed by atoms with van der Waals surface area (Å²) in [6, 6.07) is 7.34. The summed E-state index contributed by atoms with van der Waals surface area (Å²) in [5.74, 6) is 0.901. The van der Waals surface area contributed by atoms with E-state index in [-0.39, 0.29) is 12.5 Å². The van der Waals surface area contributed by atoms with E-state index in [0.717, 1.165) is 12.0 Å². The second-order valence-electron chi connectivity index (χ2n) is 4.83. The number of nitrogen functional groups attached to an aromatic ring is 1. The molecule has 2 rings (SSSR count). The Morgan fingerprint density at radius 2 is 2.24 bits per heavy atom. The molecule has 0 bridgehead atoms. The minimum Gasteiger partial charge on any atom is -0.491 e. The third-order valence-corrected chi connectivity index (χ3v) is 2.84. The lowest BCUT2D eigenvalue weighted by molar-refractivity contribution is -0.116. The maximum Gasteiger partial charge on any atom is 0.246 e. The van der Waals surface area contributed by atoms with Gasteiger partial charge in [-0.05, 0) is 37.1 Å². The van der Waals surface area contributed by atoms with Crippen LogP contribution in [0.3, 0.4) is 0 Å². The molecule has 0 saturated carbocycles. The van der Waals surface area contributed by atoms with Gasteiger partial charge in [-0.2, -0.15) is 5.10 Å². The van der Waals surface area contributed by atoms with Gasteiger partial charge in [0.15, 0.2) is 0 Å². The highest BCUT2D eigenvalue weighted by Gasteiger charge is 2.09. The lowest BCUT2D eigenvalue weighted by atomic mass is 10.2. The molecule has 6 heteroatoms. The fraction of sp³-hybridized carbons (Fsp3) is 0.333. The monoisotopic (exact) mass is 288 g/mol. The number of hydrogen-bond acceptors (Lipinski definition) is 4. The summed E-state index contributed by atoms with van der Waals surface area (Å²) in [5.41, 5.74) is 7.27. The average molecular weight is 288 g/mol. The number of anilines is 2. The van der Waals surface area contributed by atoms with Crippen molar-refractivity contribution in [3.63, 3.8) is 0 Å². The minimum absolute atomic E-state index is 0.109. The Kier molecular flexibility index (Phi) is 4.81. The summed E-state index contributed by atoms with van der Waals surface area (Å²) in [5, 5.41) is 6.82. The molecule has 0 aliphatic rings. The quantitative estimate of drug-likeness (QED) is 0.853. The number of nitrogens with zero attached hydrogens (tertiary/aromatic N) is 2. The smallest absolute Gasteiger partial charge is 0.246 e. The van der Waals surface area contributed by atoms with Gasteiger partial charge in [0, 0.05) is 6.20 Å². The Bertz CT molecular complexity index is 622. The van der Waals surface area contributed by atoms with Gasteiger partial charge in [0.05, 0.1) is 12.3 Å². The molecule has 1 heterocycles. The molecule has 0 atom stereocenters. The third kappa shape index (κ3) is 4.24. The number of carbonyl (C=O) groups excluding carboxylic acids is 1. The normalized spacial score (nSPS) is 10.4. The van der Waals surface area contributed by atoms with Gasteiger partial charge in [0.25, 0.3) is 0 Å². The second kappa shape index (κ2) is 6.78. The van der Waals surface area contributed by atoms with E-state index < -0.39 is 0 Å². The Labute approximate surface area is 123 Å². The first-order valence-electron chi connectivity index (χ1n) is 6.90. The highest BCUT2D eigenvalue weighted by Crippen LogP contribution is 2.26. The largest absolute Gasteiger partial charge is 0.491 e. The van der Waals surface area contributed by atoms with Crippen LogP contribution in [0.2, 0.25) is 0 Å². The Hall–Kier alpha value is -2.50. The molecule has 0 aliphatic carbocycles. The van der Waals surface area contributed by atoms with Gasteiger partial charge in [0.2, 0.25) is 5.91 Å². The molecule has 0 fully saturated rings. The zero-order valence-electron chi connectivity index (χ0n) is 12.3. The predicted octanol–water partition coefficient (Wildman–Crippen LogP) is 2.20. The molecule has 0 radical (unpaired) electrons. The van der Waals surface area contributed by atoms with Crippen LogP contribution in [0.25, 0.3) is 0 Å². The number of rotatable bonds is 6. The summed E-state index contributed by atoms with van der Waals surface area (Å²) < 4.78 is 7.16. The van der Waals surface area contributed by atoms with Crippen molar-refractivity contribution >= 4 is 17.4 Å². The Morgan fingerprint density at radius 3 is 2.90 bits per heavy atom. The molecular formula is C15H20N4O2. The van der Waals surface area contributed by atoms with E-state index in [2.05, 4.69) is 10.4 Å². The van der Waals surface area contributed by atoms with Crippen molar-refractivity contribution in [2.45, 2.75) is 26.8 Å². The lowest BCUT2D eigenvalue weighted by Gasteiger charge is -2.13. The number of ether oxygens (including phenoxy) is 1. The van der Waals surface area contributed by atoms with Crippen molar-refractivity contribution < 1.29 is 9.53 Å². The van der Waals surface area contributed by atoms with Gasteiger partial charge < -0.3 is 15.8 Å². The van der Waals surface area contributed by atoms with Crippen LogP contribution in [0.5, 0.6) is 5.75 Å². The minimum atomic E-state index is -0.177. The number of nitrogens with one attached hydrogen (secondary N) is 1. The summed E-state index contributed by atoms with van der Waals surface area (Å²) in [6.45, 7) is 4.74. The number of amides is 1. The van der Waals surface area contributed by atoms with Crippen molar-refractivity contribution in [2.75, 3.05) is 17.7 Å². The zero-order valence-corrected chi connectivity index (χ0v) is 12.3. The Balaban J connectivity index is 2.05. The topological polar surface area (TPSA) is 82.2 Å². The van der Waals surface area contributed by atoms with E-state index in [1.807, 2.05) is 32.0 Å². The molecule has 21 heavy (non-hydrogen) atoms. The van der Waals surface area contributed by atoms with Gasteiger partial charge >= 0.3 is 0 Å².